The first kappa shape index (κ1) is 10.4. The summed E-state index contributed by atoms with van der Waals surface area (Å²) in [6.45, 7) is 8.53. The van der Waals surface area contributed by atoms with Gasteiger partial charge >= 0.3 is 0 Å². The van der Waals surface area contributed by atoms with Gasteiger partial charge in [0.1, 0.15) is 0 Å². The fourth-order valence-electron chi connectivity index (χ4n) is 0.738. The number of aliphatic imine (C=N–C) groups is 1. The fourth-order valence-corrected chi connectivity index (χ4v) is 0.738. The molecule has 0 atom stereocenters. The molecule has 0 aromatic rings. The lowest BCUT2D eigenvalue weighted by Gasteiger charge is -1.94. The summed E-state index contributed by atoms with van der Waals surface area (Å²) in [6.07, 6.45) is 5.38. The maximum Gasteiger partial charge on any atom is 0.0256 e. The number of rotatable bonds is 4. The molecule has 0 radical (unpaired) electrons. The minimum Gasteiger partial charge on any atom is -0.266 e. The second kappa shape index (κ2) is 6.14. The summed E-state index contributed by atoms with van der Waals surface area (Å²) < 4.78 is 0. The lowest BCUT2D eigenvalue weighted by Crippen LogP contribution is -1.87. The zero-order chi connectivity index (χ0) is 8.69. The van der Waals surface area contributed by atoms with Gasteiger partial charge in [-0.05, 0) is 26.7 Å². The molecule has 0 spiro atoms. The molecule has 0 saturated carbocycles. The monoisotopic (exact) mass is 153 g/mol. The van der Waals surface area contributed by atoms with Gasteiger partial charge in [0.15, 0.2) is 0 Å². The normalized spacial score (nSPS) is 13.8. The molecule has 0 N–H and O–H groups in total. The third-order valence-electron chi connectivity index (χ3n) is 1.67. The second-order valence-electron chi connectivity index (χ2n) is 2.94. The fraction of sp³-hybridized carbons (Fsp3) is 0.700. The van der Waals surface area contributed by atoms with Crippen LogP contribution in [0.4, 0.5) is 0 Å². The van der Waals surface area contributed by atoms with E-state index >= 15 is 0 Å². The van der Waals surface area contributed by atoms with E-state index in [0.717, 1.165) is 12.8 Å². The van der Waals surface area contributed by atoms with Crippen LogP contribution in [0.2, 0.25) is 0 Å². The highest BCUT2D eigenvalue weighted by molar-refractivity contribution is 5.82. The molecule has 1 heteroatoms. The van der Waals surface area contributed by atoms with Gasteiger partial charge in [-0.15, -0.1) is 0 Å². The number of allylic oxidation sites excluding steroid dienone is 1. The van der Waals surface area contributed by atoms with Crippen molar-refractivity contribution in [1.29, 1.82) is 0 Å². The molecule has 64 valence electrons. The summed E-state index contributed by atoms with van der Waals surface area (Å²) in [5, 5.41) is 0. The van der Waals surface area contributed by atoms with Gasteiger partial charge in [0.2, 0.25) is 0 Å². The van der Waals surface area contributed by atoms with Crippen molar-refractivity contribution in [2.45, 2.75) is 47.0 Å². The summed E-state index contributed by atoms with van der Waals surface area (Å²) in [7, 11) is 0. The number of hydrogen-bond acceptors (Lipinski definition) is 1. The van der Waals surface area contributed by atoms with Gasteiger partial charge in [-0.25, -0.2) is 0 Å². The highest BCUT2D eigenvalue weighted by atomic mass is 14.7. The van der Waals surface area contributed by atoms with Crippen LogP contribution >= 0.6 is 0 Å². The average molecular weight is 153 g/mol. The van der Waals surface area contributed by atoms with Crippen molar-refractivity contribution in [3.8, 4) is 0 Å². The van der Waals surface area contributed by atoms with Crippen molar-refractivity contribution < 1.29 is 0 Å². The molecule has 0 aromatic carbocycles. The Labute approximate surface area is 70.2 Å². The molecule has 0 heterocycles. The summed E-state index contributed by atoms with van der Waals surface area (Å²) in [5.74, 6) is 0. The predicted molar refractivity (Wildman–Crippen MR) is 52.1 cm³/mol. The summed E-state index contributed by atoms with van der Waals surface area (Å²) in [4.78, 5) is 4.34. The standard InChI is InChI=1S/C10H19N/c1-5-7-10(4)11-8-9(3)6-2/h8H,5-7H2,1-4H3/b9-8-,11-10?. The van der Waals surface area contributed by atoms with Crippen LogP contribution in [0.25, 0.3) is 0 Å². The topological polar surface area (TPSA) is 12.4 Å². The molecular weight excluding hydrogens is 134 g/mol. The van der Waals surface area contributed by atoms with Crippen molar-refractivity contribution in [3.63, 3.8) is 0 Å². The number of hydrogen-bond donors (Lipinski definition) is 0. The second-order valence-corrected chi connectivity index (χ2v) is 2.94. The van der Waals surface area contributed by atoms with Crippen LogP contribution in [0, 0.1) is 0 Å². The Balaban J connectivity index is 3.89. The largest absolute Gasteiger partial charge is 0.266 e. The zero-order valence-electron chi connectivity index (χ0n) is 8.15. The molecule has 0 aliphatic heterocycles. The molecule has 1 nitrogen and oxygen atoms in total. The maximum absolute atomic E-state index is 4.34. The van der Waals surface area contributed by atoms with E-state index in [0.29, 0.717) is 0 Å². The lowest BCUT2D eigenvalue weighted by molar-refractivity contribution is 0.985. The van der Waals surface area contributed by atoms with Crippen LogP contribution in [-0.4, -0.2) is 5.71 Å². The zero-order valence-corrected chi connectivity index (χ0v) is 8.15. The molecular formula is C10H19N. The molecule has 0 fully saturated rings. The van der Waals surface area contributed by atoms with Crippen LogP contribution in [0.5, 0.6) is 0 Å². The third-order valence-corrected chi connectivity index (χ3v) is 1.67. The van der Waals surface area contributed by atoms with E-state index in [9.17, 15) is 0 Å². The average Bonchev–Trinajstić information content (AvgIpc) is 2.01. The Morgan fingerprint density at radius 3 is 2.36 bits per heavy atom. The van der Waals surface area contributed by atoms with Crippen molar-refractivity contribution in [2.24, 2.45) is 4.99 Å². The smallest absolute Gasteiger partial charge is 0.0256 e. The quantitative estimate of drug-likeness (QED) is 0.547. The minimum absolute atomic E-state index is 1.10. The van der Waals surface area contributed by atoms with Gasteiger partial charge in [-0.2, -0.15) is 0 Å². The van der Waals surface area contributed by atoms with Crippen LogP contribution in [-0.2, 0) is 0 Å². The Morgan fingerprint density at radius 2 is 1.91 bits per heavy atom. The SMILES string of the molecule is CCCC(C)=N/C=C(/C)CC. The van der Waals surface area contributed by atoms with Crippen molar-refractivity contribution in [3.05, 3.63) is 11.8 Å². The van der Waals surface area contributed by atoms with Crippen molar-refractivity contribution in [2.75, 3.05) is 0 Å². The van der Waals surface area contributed by atoms with Crippen LogP contribution in [0.1, 0.15) is 47.0 Å². The minimum atomic E-state index is 1.10. The Bertz CT molecular complexity index is 154. The van der Waals surface area contributed by atoms with Gasteiger partial charge in [-0.3, -0.25) is 4.99 Å². The molecule has 0 bridgehead atoms. The van der Waals surface area contributed by atoms with Crippen molar-refractivity contribution in [1.82, 2.24) is 0 Å². The molecule has 0 rings (SSSR count). The van der Waals surface area contributed by atoms with Crippen molar-refractivity contribution >= 4 is 5.71 Å². The van der Waals surface area contributed by atoms with E-state index in [-0.39, 0.29) is 0 Å². The molecule has 0 aliphatic carbocycles. The van der Waals surface area contributed by atoms with Gasteiger partial charge < -0.3 is 0 Å². The van der Waals surface area contributed by atoms with Crippen LogP contribution in [0.3, 0.4) is 0 Å². The van der Waals surface area contributed by atoms with Crippen LogP contribution < -0.4 is 0 Å². The summed E-state index contributed by atoms with van der Waals surface area (Å²) in [6, 6.07) is 0. The van der Waals surface area contributed by atoms with Gasteiger partial charge in [0, 0.05) is 11.9 Å². The summed E-state index contributed by atoms with van der Waals surface area (Å²) >= 11 is 0. The van der Waals surface area contributed by atoms with Gasteiger partial charge in [-0.1, -0.05) is 25.8 Å². The first-order valence-electron chi connectivity index (χ1n) is 4.39. The van der Waals surface area contributed by atoms with E-state index in [1.165, 1.54) is 17.7 Å². The highest BCUT2D eigenvalue weighted by Crippen LogP contribution is 1.99. The van der Waals surface area contributed by atoms with E-state index in [2.05, 4.69) is 32.7 Å². The van der Waals surface area contributed by atoms with E-state index < -0.39 is 0 Å². The predicted octanol–water partition coefficient (Wildman–Crippen LogP) is 3.56. The molecule has 0 aromatic heterocycles. The lowest BCUT2D eigenvalue weighted by atomic mass is 10.2. The molecule has 11 heavy (non-hydrogen) atoms. The number of nitrogens with zero attached hydrogens (tertiary/aromatic N) is 1. The van der Waals surface area contributed by atoms with Gasteiger partial charge in [0.25, 0.3) is 0 Å². The maximum atomic E-state index is 4.34. The molecule has 0 unspecified atom stereocenters. The summed E-state index contributed by atoms with van der Waals surface area (Å²) in [5.41, 5.74) is 2.58. The van der Waals surface area contributed by atoms with E-state index in [4.69, 9.17) is 0 Å². The Morgan fingerprint density at radius 1 is 1.27 bits per heavy atom. The first-order valence-corrected chi connectivity index (χ1v) is 4.39. The third kappa shape index (κ3) is 5.84. The highest BCUT2D eigenvalue weighted by Gasteiger charge is 1.86. The molecule has 0 amide bonds. The Kier molecular flexibility index (Phi) is 5.81. The van der Waals surface area contributed by atoms with Gasteiger partial charge in [0.05, 0.1) is 0 Å². The van der Waals surface area contributed by atoms with E-state index in [1.54, 1.807) is 0 Å². The van der Waals surface area contributed by atoms with Crippen LogP contribution in [0.15, 0.2) is 16.8 Å². The molecule has 0 aliphatic rings. The van der Waals surface area contributed by atoms with E-state index in [1.807, 2.05) is 6.20 Å². The molecule has 0 saturated heterocycles. The first-order chi connectivity index (χ1) is 5.20. The Hall–Kier alpha value is -0.590.